The van der Waals surface area contributed by atoms with Crippen LogP contribution in [0.25, 0.3) is 0 Å². The van der Waals surface area contributed by atoms with Crippen LogP contribution in [0.3, 0.4) is 0 Å². The highest BCUT2D eigenvalue weighted by Crippen LogP contribution is 2.32. The second-order valence-electron chi connectivity index (χ2n) is 8.38. The largest absolute Gasteiger partial charge is 0.490 e. The predicted octanol–water partition coefficient (Wildman–Crippen LogP) is 7.37. The van der Waals surface area contributed by atoms with Gasteiger partial charge in [0.05, 0.1) is 5.56 Å². The van der Waals surface area contributed by atoms with Gasteiger partial charge in [0.15, 0.2) is 0 Å². The highest BCUT2D eigenvalue weighted by molar-refractivity contribution is 5.91. The zero-order chi connectivity index (χ0) is 21.9. The van der Waals surface area contributed by atoms with Crippen LogP contribution in [-0.4, -0.2) is 12.6 Å². The fraction of sp³-hybridized carbons (Fsp3) is 0.444. The molecule has 0 unspecified atom stereocenters. The molecule has 0 amide bonds. The van der Waals surface area contributed by atoms with Crippen LogP contribution in [-0.2, 0) is 0 Å². The minimum absolute atomic E-state index is 0.312. The van der Waals surface area contributed by atoms with Gasteiger partial charge in [-0.15, -0.1) is 0 Å². The van der Waals surface area contributed by atoms with Gasteiger partial charge >= 0.3 is 5.97 Å². The summed E-state index contributed by atoms with van der Waals surface area (Å²) in [4.78, 5) is 12.2. The first kappa shape index (κ1) is 23.1. The standard InChI is InChI=1S/C27H33FO3/c1-2-3-4-6-21-8-10-22(11-9-21)7-5-20-30-25-16-12-23(13-17-25)27(29)31-26-18-14-24(28)15-19-26/h5,7,12-19,21-22H,2-4,6,8-11,20H2,1H3. The van der Waals surface area contributed by atoms with Crippen LogP contribution in [0.5, 0.6) is 11.5 Å². The first-order chi connectivity index (χ1) is 15.1. The molecular formula is C27H33FO3. The molecule has 166 valence electrons. The third kappa shape index (κ3) is 7.86. The smallest absolute Gasteiger partial charge is 0.343 e. The van der Waals surface area contributed by atoms with Crippen LogP contribution in [0.4, 0.5) is 4.39 Å². The van der Waals surface area contributed by atoms with Gasteiger partial charge < -0.3 is 9.47 Å². The molecule has 1 fully saturated rings. The van der Waals surface area contributed by atoms with E-state index >= 15 is 0 Å². The zero-order valence-corrected chi connectivity index (χ0v) is 18.4. The lowest BCUT2D eigenvalue weighted by Crippen LogP contribution is -2.13. The normalized spacial score (nSPS) is 18.8. The molecule has 2 aromatic rings. The Bertz CT molecular complexity index is 819. The Labute approximate surface area is 185 Å². The van der Waals surface area contributed by atoms with E-state index in [1.165, 1.54) is 75.6 Å². The summed E-state index contributed by atoms with van der Waals surface area (Å²) in [7, 11) is 0. The molecule has 3 rings (SSSR count). The predicted molar refractivity (Wildman–Crippen MR) is 122 cm³/mol. The molecule has 0 radical (unpaired) electrons. The van der Waals surface area contributed by atoms with Crippen molar-refractivity contribution in [1.82, 2.24) is 0 Å². The molecule has 0 spiro atoms. The van der Waals surface area contributed by atoms with E-state index in [9.17, 15) is 9.18 Å². The summed E-state index contributed by atoms with van der Waals surface area (Å²) >= 11 is 0. The Balaban J connectivity index is 1.36. The molecule has 0 aromatic heterocycles. The third-order valence-corrected chi connectivity index (χ3v) is 5.98. The molecule has 2 aromatic carbocycles. The van der Waals surface area contributed by atoms with Crippen molar-refractivity contribution >= 4 is 5.97 Å². The molecule has 0 aliphatic heterocycles. The van der Waals surface area contributed by atoms with E-state index in [1.807, 2.05) is 0 Å². The van der Waals surface area contributed by atoms with Gasteiger partial charge in [0.2, 0.25) is 0 Å². The number of ether oxygens (including phenoxy) is 2. The van der Waals surface area contributed by atoms with Crippen molar-refractivity contribution in [2.24, 2.45) is 11.8 Å². The maximum atomic E-state index is 12.9. The number of unbranched alkanes of at least 4 members (excludes halogenated alkanes) is 2. The van der Waals surface area contributed by atoms with Crippen LogP contribution >= 0.6 is 0 Å². The minimum atomic E-state index is -0.483. The van der Waals surface area contributed by atoms with E-state index in [4.69, 9.17) is 9.47 Å². The third-order valence-electron chi connectivity index (χ3n) is 5.98. The average molecular weight is 425 g/mol. The lowest BCUT2D eigenvalue weighted by atomic mass is 9.79. The van der Waals surface area contributed by atoms with Crippen LogP contribution < -0.4 is 9.47 Å². The Morgan fingerprint density at radius 2 is 1.65 bits per heavy atom. The van der Waals surface area contributed by atoms with Crippen molar-refractivity contribution < 1.29 is 18.7 Å². The fourth-order valence-electron chi connectivity index (χ4n) is 4.10. The summed E-state index contributed by atoms with van der Waals surface area (Å²) in [5, 5.41) is 0. The van der Waals surface area contributed by atoms with Crippen LogP contribution in [0.1, 0.15) is 68.6 Å². The molecular weight excluding hydrogens is 391 g/mol. The van der Waals surface area contributed by atoms with Crippen LogP contribution in [0, 0.1) is 17.7 Å². The first-order valence-electron chi connectivity index (χ1n) is 11.5. The molecule has 1 saturated carbocycles. The van der Waals surface area contributed by atoms with Crippen LogP contribution in [0.15, 0.2) is 60.7 Å². The van der Waals surface area contributed by atoms with E-state index in [0.717, 1.165) is 5.92 Å². The highest BCUT2D eigenvalue weighted by atomic mass is 19.1. The summed E-state index contributed by atoms with van der Waals surface area (Å²) in [6, 6.07) is 12.2. The van der Waals surface area contributed by atoms with Crippen molar-refractivity contribution in [3.8, 4) is 11.5 Å². The molecule has 1 aliphatic carbocycles. The van der Waals surface area contributed by atoms with Crippen molar-refractivity contribution in [2.45, 2.75) is 58.3 Å². The van der Waals surface area contributed by atoms with Gasteiger partial charge in [0, 0.05) is 0 Å². The Hall–Kier alpha value is -2.62. The number of allylic oxidation sites excluding steroid dienone is 1. The van der Waals surface area contributed by atoms with Crippen molar-refractivity contribution in [1.29, 1.82) is 0 Å². The van der Waals surface area contributed by atoms with Gasteiger partial charge in [-0.1, -0.05) is 44.8 Å². The topological polar surface area (TPSA) is 35.5 Å². The number of halogens is 1. The lowest BCUT2D eigenvalue weighted by molar-refractivity contribution is 0.0734. The van der Waals surface area contributed by atoms with E-state index < -0.39 is 5.97 Å². The second kappa shape index (κ2) is 12.3. The van der Waals surface area contributed by atoms with Gasteiger partial charge in [0.1, 0.15) is 23.9 Å². The first-order valence-corrected chi connectivity index (χ1v) is 11.5. The zero-order valence-electron chi connectivity index (χ0n) is 18.4. The number of rotatable bonds is 10. The molecule has 0 heterocycles. The fourth-order valence-corrected chi connectivity index (χ4v) is 4.10. The summed E-state index contributed by atoms with van der Waals surface area (Å²) in [6.45, 7) is 2.79. The lowest BCUT2D eigenvalue weighted by Gasteiger charge is -2.26. The molecule has 0 N–H and O–H groups in total. The average Bonchev–Trinajstić information content (AvgIpc) is 2.80. The maximum absolute atomic E-state index is 12.9. The Kier molecular flexibility index (Phi) is 9.14. The molecule has 4 heteroatoms. The van der Waals surface area contributed by atoms with Crippen molar-refractivity contribution in [2.75, 3.05) is 6.61 Å². The molecule has 1 aliphatic rings. The van der Waals surface area contributed by atoms with Gasteiger partial charge in [-0.3, -0.25) is 0 Å². The highest BCUT2D eigenvalue weighted by Gasteiger charge is 2.18. The summed E-state index contributed by atoms with van der Waals surface area (Å²) < 4.78 is 23.9. The monoisotopic (exact) mass is 424 g/mol. The van der Waals surface area contributed by atoms with Crippen LogP contribution in [0.2, 0.25) is 0 Å². The molecule has 3 nitrogen and oxygen atoms in total. The quantitative estimate of drug-likeness (QED) is 0.173. The molecule has 0 bridgehead atoms. The van der Waals surface area contributed by atoms with E-state index in [1.54, 1.807) is 24.3 Å². The number of carbonyl (C=O) groups is 1. The minimum Gasteiger partial charge on any atom is -0.490 e. The molecule has 0 saturated heterocycles. The SMILES string of the molecule is CCCCCC1CCC(C=CCOc2ccc(C(=O)Oc3ccc(F)cc3)cc2)CC1. The Morgan fingerprint density at radius 1 is 0.968 bits per heavy atom. The number of hydrogen-bond acceptors (Lipinski definition) is 3. The summed E-state index contributed by atoms with van der Waals surface area (Å²) in [6.07, 6.45) is 15.2. The number of carbonyl (C=O) groups excluding carboxylic acids is 1. The van der Waals surface area contributed by atoms with Gasteiger partial charge in [-0.05, 0) is 86.1 Å². The van der Waals surface area contributed by atoms with Crippen molar-refractivity contribution in [3.63, 3.8) is 0 Å². The summed E-state index contributed by atoms with van der Waals surface area (Å²) in [5.74, 6) is 1.78. The number of benzene rings is 2. The number of esters is 1. The maximum Gasteiger partial charge on any atom is 0.343 e. The van der Waals surface area contributed by atoms with E-state index in [2.05, 4.69) is 19.1 Å². The van der Waals surface area contributed by atoms with E-state index in [-0.39, 0.29) is 5.82 Å². The summed E-state index contributed by atoms with van der Waals surface area (Å²) in [5.41, 5.74) is 0.419. The van der Waals surface area contributed by atoms with Gasteiger partial charge in [0.25, 0.3) is 0 Å². The molecule has 0 atom stereocenters. The van der Waals surface area contributed by atoms with Crippen molar-refractivity contribution in [3.05, 3.63) is 72.1 Å². The van der Waals surface area contributed by atoms with E-state index in [0.29, 0.717) is 29.6 Å². The van der Waals surface area contributed by atoms with Gasteiger partial charge in [-0.25, -0.2) is 9.18 Å². The molecule has 31 heavy (non-hydrogen) atoms. The van der Waals surface area contributed by atoms with Gasteiger partial charge in [-0.2, -0.15) is 0 Å². The Morgan fingerprint density at radius 3 is 2.32 bits per heavy atom. The second-order valence-corrected chi connectivity index (χ2v) is 8.38. The number of hydrogen-bond donors (Lipinski definition) is 0.